The third kappa shape index (κ3) is 3.51. The van der Waals surface area contributed by atoms with E-state index in [0.717, 1.165) is 37.9 Å². The van der Waals surface area contributed by atoms with Crippen LogP contribution < -0.4 is 5.32 Å². The Morgan fingerprint density at radius 1 is 1.40 bits per heavy atom. The van der Waals surface area contributed by atoms with Crippen molar-refractivity contribution in [3.05, 3.63) is 29.8 Å². The Labute approximate surface area is 120 Å². The molecule has 0 saturated carbocycles. The van der Waals surface area contributed by atoms with Crippen LogP contribution in [0.3, 0.4) is 0 Å². The van der Waals surface area contributed by atoms with Crippen LogP contribution in [-0.4, -0.2) is 41.7 Å². The van der Waals surface area contributed by atoms with Crippen molar-refractivity contribution in [2.24, 2.45) is 0 Å². The van der Waals surface area contributed by atoms with Crippen molar-refractivity contribution in [2.45, 2.75) is 38.6 Å². The number of unbranched alkanes of at least 4 members (excludes halogenated alkanes) is 1. The van der Waals surface area contributed by atoms with Gasteiger partial charge >= 0.3 is 0 Å². The van der Waals surface area contributed by atoms with Gasteiger partial charge in [-0.3, -0.25) is 4.79 Å². The van der Waals surface area contributed by atoms with E-state index < -0.39 is 0 Å². The fourth-order valence-corrected chi connectivity index (χ4v) is 2.65. The van der Waals surface area contributed by atoms with Crippen molar-refractivity contribution in [1.29, 1.82) is 0 Å². The lowest BCUT2D eigenvalue weighted by atomic mass is 9.97. The average molecular weight is 276 g/mol. The molecule has 110 valence electrons. The van der Waals surface area contributed by atoms with Crippen molar-refractivity contribution < 1.29 is 9.90 Å². The van der Waals surface area contributed by atoms with Gasteiger partial charge < -0.3 is 15.3 Å². The van der Waals surface area contributed by atoms with Crippen LogP contribution in [0.4, 0.5) is 5.69 Å². The van der Waals surface area contributed by atoms with Crippen molar-refractivity contribution in [2.75, 3.05) is 25.0 Å². The van der Waals surface area contributed by atoms with Crippen LogP contribution in [0.2, 0.25) is 0 Å². The van der Waals surface area contributed by atoms with Crippen LogP contribution in [0.15, 0.2) is 24.3 Å². The number of fused-ring (bicyclic) bond motifs is 1. The van der Waals surface area contributed by atoms with Gasteiger partial charge in [0.25, 0.3) is 0 Å². The topological polar surface area (TPSA) is 52.6 Å². The molecule has 0 spiro atoms. The maximum absolute atomic E-state index is 12.6. The average Bonchev–Trinajstić information content (AvgIpc) is 2.50. The number of rotatable bonds is 6. The van der Waals surface area contributed by atoms with Gasteiger partial charge in [0.15, 0.2) is 0 Å². The third-order valence-corrected chi connectivity index (χ3v) is 3.81. The second-order valence-corrected chi connectivity index (χ2v) is 5.30. The van der Waals surface area contributed by atoms with E-state index in [1.54, 1.807) is 4.90 Å². The van der Waals surface area contributed by atoms with Crippen LogP contribution in [-0.2, 0) is 11.2 Å². The van der Waals surface area contributed by atoms with Gasteiger partial charge in [-0.05, 0) is 30.9 Å². The summed E-state index contributed by atoms with van der Waals surface area (Å²) in [5.41, 5.74) is 2.34. The van der Waals surface area contributed by atoms with Crippen LogP contribution in [0.1, 0.15) is 31.7 Å². The second-order valence-electron chi connectivity index (χ2n) is 5.30. The molecule has 0 bridgehead atoms. The molecule has 1 heterocycles. The minimum Gasteiger partial charge on any atom is -0.395 e. The Balaban J connectivity index is 2.01. The maximum Gasteiger partial charge on any atom is 0.245 e. The second kappa shape index (κ2) is 7.29. The summed E-state index contributed by atoms with van der Waals surface area (Å²) in [6.45, 7) is 3.30. The third-order valence-electron chi connectivity index (χ3n) is 3.81. The molecule has 0 aliphatic carbocycles. The number of hydrogen-bond acceptors (Lipinski definition) is 3. The Kier molecular flexibility index (Phi) is 5.41. The van der Waals surface area contributed by atoms with Gasteiger partial charge in [-0.2, -0.15) is 0 Å². The number of aryl methyl sites for hydroxylation is 1. The molecule has 0 aromatic heterocycles. The fraction of sp³-hybridized carbons (Fsp3) is 0.562. The summed E-state index contributed by atoms with van der Waals surface area (Å²) in [7, 11) is 0. The van der Waals surface area contributed by atoms with Gasteiger partial charge in [-0.25, -0.2) is 0 Å². The SMILES string of the molecule is CCCCN(CCO)C(=O)C1CCc2ccccc2N1. The summed E-state index contributed by atoms with van der Waals surface area (Å²) in [6, 6.07) is 7.99. The summed E-state index contributed by atoms with van der Waals surface area (Å²) in [5, 5.41) is 12.5. The predicted octanol–water partition coefficient (Wildman–Crippen LogP) is 2.03. The molecule has 1 unspecified atom stereocenters. The molecule has 2 N–H and O–H groups in total. The summed E-state index contributed by atoms with van der Waals surface area (Å²) >= 11 is 0. The number of nitrogens with one attached hydrogen (secondary N) is 1. The van der Waals surface area contributed by atoms with E-state index in [4.69, 9.17) is 5.11 Å². The number of amides is 1. The summed E-state index contributed by atoms with van der Waals surface area (Å²) in [5.74, 6) is 0.113. The van der Waals surface area contributed by atoms with E-state index in [0.29, 0.717) is 6.54 Å². The number of aliphatic hydroxyl groups is 1. The van der Waals surface area contributed by atoms with E-state index in [2.05, 4.69) is 18.3 Å². The zero-order valence-electron chi connectivity index (χ0n) is 12.1. The molecule has 1 aromatic carbocycles. The van der Waals surface area contributed by atoms with Gasteiger partial charge in [0.05, 0.1) is 6.61 Å². The summed E-state index contributed by atoms with van der Waals surface area (Å²) in [4.78, 5) is 14.3. The molecule has 1 aliphatic heterocycles. The normalized spacial score (nSPS) is 17.2. The van der Waals surface area contributed by atoms with Gasteiger partial charge in [0.2, 0.25) is 5.91 Å². The quantitative estimate of drug-likeness (QED) is 0.836. The molecular formula is C16H24N2O2. The zero-order chi connectivity index (χ0) is 14.4. The highest BCUT2D eigenvalue weighted by atomic mass is 16.3. The molecule has 1 aromatic rings. The lowest BCUT2D eigenvalue weighted by Gasteiger charge is -2.31. The maximum atomic E-state index is 12.6. The smallest absolute Gasteiger partial charge is 0.245 e. The minimum absolute atomic E-state index is 0.0265. The first-order chi connectivity index (χ1) is 9.76. The Morgan fingerprint density at radius 3 is 2.95 bits per heavy atom. The number of carbonyl (C=O) groups is 1. The summed E-state index contributed by atoms with van der Waals surface area (Å²) < 4.78 is 0. The molecule has 1 amide bonds. The predicted molar refractivity (Wildman–Crippen MR) is 80.7 cm³/mol. The first-order valence-corrected chi connectivity index (χ1v) is 7.50. The van der Waals surface area contributed by atoms with Gasteiger partial charge in [0.1, 0.15) is 6.04 Å². The van der Waals surface area contributed by atoms with Crippen LogP contribution >= 0.6 is 0 Å². The summed E-state index contributed by atoms with van der Waals surface area (Å²) in [6.07, 6.45) is 3.79. The van der Waals surface area contributed by atoms with Crippen molar-refractivity contribution in [1.82, 2.24) is 4.90 Å². The van der Waals surface area contributed by atoms with Gasteiger partial charge in [0, 0.05) is 18.8 Å². The molecule has 2 rings (SSSR count). The Hall–Kier alpha value is -1.55. The fourth-order valence-electron chi connectivity index (χ4n) is 2.65. The number of para-hydroxylation sites is 1. The van der Waals surface area contributed by atoms with Crippen LogP contribution in [0, 0.1) is 0 Å². The highest BCUT2D eigenvalue weighted by Gasteiger charge is 2.27. The first kappa shape index (κ1) is 14.9. The van der Waals surface area contributed by atoms with Gasteiger partial charge in [-0.1, -0.05) is 31.5 Å². The molecule has 1 atom stereocenters. The molecule has 0 saturated heterocycles. The number of aliphatic hydroxyl groups excluding tert-OH is 1. The van der Waals surface area contributed by atoms with Crippen LogP contribution in [0.5, 0.6) is 0 Å². The number of hydrogen-bond donors (Lipinski definition) is 2. The number of anilines is 1. The molecule has 4 nitrogen and oxygen atoms in total. The first-order valence-electron chi connectivity index (χ1n) is 7.50. The zero-order valence-corrected chi connectivity index (χ0v) is 12.1. The molecule has 4 heteroatoms. The molecule has 0 radical (unpaired) electrons. The minimum atomic E-state index is -0.159. The molecular weight excluding hydrogens is 252 g/mol. The number of nitrogens with zero attached hydrogens (tertiary/aromatic N) is 1. The largest absolute Gasteiger partial charge is 0.395 e. The van der Waals surface area contributed by atoms with E-state index in [9.17, 15) is 4.79 Å². The Morgan fingerprint density at radius 2 is 2.20 bits per heavy atom. The molecule has 1 aliphatic rings. The number of benzene rings is 1. The lowest BCUT2D eigenvalue weighted by Crippen LogP contribution is -2.46. The number of carbonyl (C=O) groups excluding carboxylic acids is 1. The van der Waals surface area contributed by atoms with Crippen molar-refractivity contribution >= 4 is 11.6 Å². The van der Waals surface area contributed by atoms with E-state index in [-0.39, 0.29) is 18.6 Å². The van der Waals surface area contributed by atoms with E-state index in [1.165, 1.54) is 5.56 Å². The molecule has 20 heavy (non-hydrogen) atoms. The van der Waals surface area contributed by atoms with E-state index >= 15 is 0 Å². The van der Waals surface area contributed by atoms with Crippen molar-refractivity contribution in [3.63, 3.8) is 0 Å². The standard InChI is InChI=1S/C16H24N2O2/c1-2-3-10-18(11-12-19)16(20)15-9-8-13-6-4-5-7-14(13)17-15/h4-7,15,17,19H,2-3,8-12H2,1H3. The highest BCUT2D eigenvalue weighted by molar-refractivity contribution is 5.85. The van der Waals surface area contributed by atoms with E-state index in [1.807, 2.05) is 18.2 Å². The van der Waals surface area contributed by atoms with Crippen LogP contribution in [0.25, 0.3) is 0 Å². The van der Waals surface area contributed by atoms with Crippen molar-refractivity contribution in [3.8, 4) is 0 Å². The van der Waals surface area contributed by atoms with Gasteiger partial charge in [-0.15, -0.1) is 0 Å². The Bertz CT molecular complexity index is 448. The lowest BCUT2D eigenvalue weighted by molar-refractivity contribution is -0.132. The molecule has 0 fully saturated rings. The highest BCUT2D eigenvalue weighted by Crippen LogP contribution is 2.25. The monoisotopic (exact) mass is 276 g/mol.